The first-order valence-electron chi connectivity index (χ1n) is 4.81. The molecule has 4 nitrogen and oxygen atoms in total. The van der Waals surface area contributed by atoms with Gasteiger partial charge in [-0.15, -0.1) is 0 Å². The number of rotatable bonds is 4. The third kappa shape index (κ3) is 2.84. The van der Waals surface area contributed by atoms with Crippen LogP contribution >= 0.6 is 27.7 Å². The lowest BCUT2D eigenvalue weighted by atomic mass is 10.1. The smallest absolute Gasteiger partial charge is 0.188 e. The van der Waals surface area contributed by atoms with E-state index in [4.69, 9.17) is 5.73 Å². The summed E-state index contributed by atoms with van der Waals surface area (Å²) in [5, 5.41) is 7.44. The van der Waals surface area contributed by atoms with Gasteiger partial charge in [-0.1, -0.05) is 33.8 Å². The molecule has 0 spiro atoms. The third-order valence-corrected chi connectivity index (χ3v) is 3.53. The summed E-state index contributed by atoms with van der Waals surface area (Å²) in [5.41, 5.74) is 6.81. The first-order chi connectivity index (χ1) is 7.79. The highest BCUT2D eigenvalue weighted by Crippen LogP contribution is 2.30. The minimum Gasteiger partial charge on any atom is -0.330 e. The first kappa shape index (κ1) is 11.6. The fraction of sp³-hybridized carbons (Fsp3) is 0.200. The molecule has 0 aliphatic rings. The monoisotopic (exact) mass is 298 g/mol. The van der Waals surface area contributed by atoms with Crippen molar-refractivity contribution in [3.05, 3.63) is 34.6 Å². The maximum Gasteiger partial charge on any atom is 0.188 e. The molecule has 1 heterocycles. The van der Waals surface area contributed by atoms with Crippen LogP contribution in [-0.4, -0.2) is 21.7 Å². The molecule has 0 aliphatic heterocycles. The van der Waals surface area contributed by atoms with E-state index >= 15 is 0 Å². The number of aromatic amines is 1. The predicted octanol–water partition coefficient (Wildman–Crippen LogP) is 2.22. The van der Waals surface area contributed by atoms with Crippen LogP contribution in [0.5, 0.6) is 0 Å². The van der Waals surface area contributed by atoms with E-state index < -0.39 is 0 Å². The summed E-state index contributed by atoms with van der Waals surface area (Å²) in [6.45, 7) is 0.644. The van der Waals surface area contributed by atoms with Gasteiger partial charge in [0.05, 0.1) is 0 Å². The second-order valence-corrected chi connectivity index (χ2v) is 5.13. The van der Waals surface area contributed by atoms with Gasteiger partial charge in [0.2, 0.25) is 0 Å². The van der Waals surface area contributed by atoms with Gasteiger partial charge < -0.3 is 5.73 Å². The van der Waals surface area contributed by atoms with Crippen molar-refractivity contribution >= 4 is 27.7 Å². The van der Waals surface area contributed by atoms with Gasteiger partial charge in [0, 0.05) is 9.37 Å². The Morgan fingerprint density at radius 1 is 1.44 bits per heavy atom. The molecule has 0 fully saturated rings. The van der Waals surface area contributed by atoms with E-state index in [-0.39, 0.29) is 0 Å². The average Bonchev–Trinajstić information content (AvgIpc) is 2.75. The lowest BCUT2D eigenvalue weighted by Crippen LogP contribution is -2.03. The number of hydrogen-bond acceptors (Lipinski definition) is 4. The molecule has 2 rings (SSSR count). The lowest BCUT2D eigenvalue weighted by Gasteiger charge is -2.07. The van der Waals surface area contributed by atoms with Crippen LogP contribution in [0, 0.1) is 0 Å². The van der Waals surface area contributed by atoms with Gasteiger partial charge in [0.25, 0.3) is 0 Å². The summed E-state index contributed by atoms with van der Waals surface area (Å²) < 4.78 is 1.05. The van der Waals surface area contributed by atoms with Gasteiger partial charge in [-0.25, -0.2) is 4.98 Å². The SMILES string of the molecule is NCCc1ccc(Br)cc1Sc1ncn[nH]1. The van der Waals surface area contributed by atoms with Gasteiger partial charge in [-0.05, 0) is 30.7 Å². The van der Waals surface area contributed by atoms with E-state index in [1.807, 2.05) is 6.07 Å². The van der Waals surface area contributed by atoms with Crippen molar-refractivity contribution in [3.8, 4) is 0 Å². The zero-order valence-electron chi connectivity index (χ0n) is 8.48. The second-order valence-electron chi connectivity index (χ2n) is 3.18. The largest absolute Gasteiger partial charge is 0.330 e. The van der Waals surface area contributed by atoms with Gasteiger partial charge >= 0.3 is 0 Å². The molecule has 0 aliphatic carbocycles. The molecular weight excluding hydrogens is 288 g/mol. The molecule has 6 heteroatoms. The summed E-state index contributed by atoms with van der Waals surface area (Å²) >= 11 is 5.02. The predicted molar refractivity (Wildman–Crippen MR) is 67.4 cm³/mol. The van der Waals surface area contributed by atoms with Gasteiger partial charge in [-0.3, -0.25) is 5.10 Å². The zero-order valence-corrected chi connectivity index (χ0v) is 10.9. The molecule has 3 N–H and O–H groups in total. The second kappa shape index (κ2) is 5.47. The number of hydrogen-bond donors (Lipinski definition) is 2. The molecule has 0 saturated heterocycles. The van der Waals surface area contributed by atoms with Crippen LogP contribution < -0.4 is 5.73 Å². The van der Waals surface area contributed by atoms with E-state index in [0.717, 1.165) is 20.9 Å². The number of aromatic nitrogens is 3. The van der Waals surface area contributed by atoms with Crippen molar-refractivity contribution in [1.29, 1.82) is 0 Å². The van der Waals surface area contributed by atoms with E-state index in [0.29, 0.717) is 6.54 Å². The van der Waals surface area contributed by atoms with Crippen LogP contribution in [0.2, 0.25) is 0 Å². The molecule has 0 radical (unpaired) electrons. The average molecular weight is 299 g/mol. The molecule has 2 aromatic rings. The van der Waals surface area contributed by atoms with Crippen molar-refractivity contribution in [2.24, 2.45) is 5.73 Å². The van der Waals surface area contributed by atoms with E-state index in [1.165, 1.54) is 11.9 Å². The van der Waals surface area contributed by atoms with E-state index in [1.54, 1.807) is 11.8 Å². The van der Waals surface area contributed by atoms with Crippen molar-refractivity contribution in [2.75, 3.05) is 6.54 Å². The van der Waals surface area contributed by atoms with Gasteiger partial charge in [-0.2, -0.15) is 5.10 Å². The van der Waals surface area contributed by atoms with Gasteiger partial charge in [0.1, 0.15) is 6.33 Å². The summed E-state index contributed by atoms with van der Waals surface area (Å²) in [7, 11) is 0. The molecule has 0 unspecified atom stereocenters. The maximum atomic E-state index is 5.58. The van der Waals surface area contributed by atoms with Crippen molar-refractivity contribution in [3.63, 3.8) is 0 Å². The quantitative estimate of drug-likeness (QED) is 0.908. The van der Waals surface area contributed by atoms with Crippen LogP contribution in [0.15, 0.2) is 39.1 Å². The molecule has 0 saturated carbocycles. The minimum atomic E-state index is 0.644. The van der Waals surface area contributed by atoms with E-state index in [2.05, 4.69) is 43.2 Å². The summed E-state index contributed by atoms with van der Waals surface area (Å²) in [4.78, 5) is 5.24. The molecule has 1 aromatic carbocycles. The Bertz CT molecular complexity index is 458. The lowest BCUT2D eigenvalue weighted by molar-refractivity contribution is 0.936. The molecule has 0 bridgehead atoms. The van der Waals surface area contributed by atoms with Gasteiger partial charge in [0.15, 0.2) is 5.16 Å². The summed E-state index contributed by atoms with van der Waals surface area (Å²) in [5.74, 6) is 0. The highest BCUT2D eigenvalue weighted by atomic mass is 79.9. The third-order valence-electron chi connectivity index (χ3n) is 2.04. The molecule has 16 heavy (non-hydrogen) atoms. The molecule has 0 amide bonds. The Kier molecular flexibility index (Phi) is 3.98. The topological polar surface area (TPSA) is 67.6 Å². The Labute approximate surface area is 106 Å². The fourth-order valence-electron chi connectivity index (χ4n) is 1.33. The summed E-state index contributed by atoms with van der Waals surface area (Å²) in [6, 6.07) is 6.17. The number of nitrogens with two attached hydrogens (primary N) is 1. The molecule has 0 atom stereocenters. The van der Waals surface area contributed by atoms with Crippen LogP contribution in [0.1, 0.15) is 5.56 Å². The van der Waals surface area contributed by atoms with Crippen LogP contribution in [0.3, 0.4) is 0 Å². The number of nitrogens with one attached hydrogen (secondary N) is 1. The maximum absolute atomic E-state index is 5.58. The Morgan fingerprint density at radius 2 is 2.31 bits per heavy atom. The molecule has 1 aromatic heterocycles. The minimum absolute atomic E-state index is 0.644. The fourth-order valence-corrected chi connectivity index (χ4v) is 2.74. The van der Waals surface area contributed by atoms with Crippen molar-refractivity contribution in [2.45, 2.75) is 16.5 Å². The van der Waals surface area contributed by atoms with Crippen molar-refractivity contribution < 1.29 is 0 Å². The number of benzene rings is 1. The number of nitrogens with zero attached hydrogens (tertiary/aromatic N) is 2. The first-order valence-corrected chi connectivity index (χ1v) is 6.42. The molecule has 84 valence electrons. The Balaban J connectivity index is 2.26. The standard InChI is InChI=1S/C10H11BrN4S/c11-8-2-1-7(3-4-12)9(5-8)16-10-13-6-14-15-10/h1-2,5-6H,3-4,12H2,(H,13,14,15). The Morgan fingerprint density at radius 3 is 3.00 bits per heavy atom. The van der Waals surface area contributed by atoms with E-state index in [9.17, 15) is 0 Å². The highest BCUT2D eigenvalue weighted by molar-refractivity contribution is 9.10. The Hall–Kier alpha value is -0.850. The molecular formula is C10H11BrN4S. The van der Waals surface area contributed by atoms with Crippen LogP contribution in [0.25, 0.3) is 0 Å². The number of H-pyrrole nitrogens is 1. The zero-order chi connectivity index (χ0) is 11.4. The number of halogens is 1. The van der Waals surface area contributed by atoms with Crippen LogP contribution in [0.4, 0.5) is 0 Å². The van der Waals surface area contributed by atoms with Crippen LogP contribution in [-0.2, 0) is 6.42 Å². The normalized spacial score (nSPS) is 10.6. The van der Waals surface area contributed by atoms with Crippen molar-refractivity contribution in [1.82, 2.24) is 15.2 Å². The summed E-state index contributed by atoms with van der Waals surface area (Å²) in [6.07, 6.45) is 2.37. The highest BCUT2D eigenvalue weighted by Gasteiger charge is 2.06.